The molecule has 1 aromatic carbocycles. The Hall–Kier alpha value is -1.75. The van der Waals surface area contributed by atoms with Gasteiger partial charge in [0.05, 0.1) is 17.3 Å². The summed E-state index contributed by atoms with van der Waals surface area (Å²) in [6.45, 7) is 5.62. The van der Waals surface area contributed by atoms with E-state index in [1.807, 2.05) is 42.3 Å². The van der Waals surface area contributed by atoms with Crippen molar-refractivity contribution in [2.24, 2.45) is 0 Å². The van der Waals surface area contributed by atoms with Crippen LogP contribution in [-0.2, 0) is 0 Å². The van der Waals surface area contributed by atoms with Gasteiger partial charge in [0, 0.05) is 23.7 Å². The largest absolute Gasteiger partial charge is 0.336 e. The van der Waals surface area contributed by atoms with Gasteiger partial charge in [0.15, 0.2) is 0 Å². The fraction of sp³-hybridized carbons (Fsp3) is 0.412. The molecule has 0 saturated carbocycles. The zero-order valence-electron chi connectivity index (χ0n) is 13.2. The summed E-state index contributed by atoms with van der Waals surface area (Å²) < 4.78 is 2.07. The first-order valence-corrected chi connectivity index (χ1v) is 8.77. The molecular formula is C17H21N3OS. The highest BCUT2D eigenvalue weighted by atomic mass is 32.2. The van der Waals surface area contributed by atoms with Crippen LogP contribution in [0.1, 0.15) is 34.2 Å². The standard InChI is InChI=1S/C17H21N3OS/c1-12-10-13(2)20(18-12)14-8-9-19(11-14)17(21)15-6-4-5-7-16(15)22-3/h4-7,10,14H,8-9,11H2,1-3H3/t14-/m1/s1. The maximum absolute atomic E-state index is 12.8. The zero-order valence-corrected chi connectivity index (χ0v) is 14.1. The van der Waals surface area contributed by atoms with Gasteiger partial charge in [-0.05, 0) is 44.7 Å². The van der Waals surface area contributed by atoms with Crippen molar-refractivity contribution in [2.75, 3.05) is 19.3 Å². The van der Waals surface area contributed by atoms with Crippen LogP contribution in [0.4, 0.5) is 0 Å². The molecule has 22 heavy (non-hydrogen) atoms. The summed E-state index contributed by atoms with van der Waals surface area (Å²) in [4.78, 5) is 15.8. The lowest BCUT2D eigenvalue weighted by molar-refractivity contribution is 0.0783. The first kappa shape index (κ1) is 15.2. The third kappa shape index (κ3) is 2.77. The van der Waals surface area contributed by atoms with Gasteiger partial charge in [-0.1, -0.05) is 12.1 Å². The number of carbonyl (C=O) groups is 1. The van der Waals surface area contributed by atoms with E-state index in [1.165, 1.54) is 5.69 Å². The van der Waals surface area contributed by atoms with Crippen molar-refractivity contribution in [1.82, 2.24) is 14.7 Å². The van der Waals surface area contributed by atoms with Gasteiger partial charge in [0.2, 0.25) is 0 Å². The van der Waals surface area contributed by atoms with E-state index in [0.29, 0.717) is 6.04 Å². The topological polar surface area (TPSA) is 38.1 Å². The van der Waals surface area contributed by atoms with E-state index >= 15 is 0 Å². The van der Waals surface area contributed by atoms with Crippen LogP contribution in [0.15, 0.2) is 35.2 Å². The third-order valence-electron chi connectivity index (χ3n) is 4.18. The second kappa shape index (κ2) is 6.16. The van der Waals surface area contributed by atoms with Crippen LogP contribution in [0.25, 0.3) is 0 Å². The third-order valence-corrected chi connectivity index (χ3v) is 4.97. The number of benzene rings is 1. The van der Waals surface area contributed by atoms with Crippen LogP contribution in [0.5, 0.6) is 0 Å². The number of hydrogen-bond acceptors (Lipinski definition) is 3. The van der Waals surface area contributed by atoms with Gasteiger partial charge >= 0.3 is 0 Å². The maximum Gasteiger partial charge on any atom is 0.255 e. The summed E-state index contributed by atoms with van der Waals surface area (Å²) in [5.41, 5.74) is 3.01. The fourth-order valence-corrected chi connectivity index (χ4v) is 3.72. The highest BCUT2D eigenvalue weighted by Crippen LogP contribution is 2.27. The van der Waals surface area contributed by atoms with E-state index in [-0.39, 0.29) is 5.91 Å². The first-order chi connectivity index (χ1) is 10.6. The molecular weight excluding hydrogens is 294 g/mol. The Morgan fingerprint density at radius 1 is 1.32 bits per heavy atom. The Labute approximate surface area is 135 Å². The number of aromatic nitrogens is 2. The lowest BCUT2D eigenvalue weighted by Crippen LogP contribution is -2.29. The van der Waals surface area contributed by atoms with E-state index in [9.17, 15) is 4.79 Å². The molecule has 1 amide bonds. The van der Waals surface area contributed by atoms with Crippen molar-refractivity contribution < 1.29 is 4.79 Å². The molecule has 4 nitrogen and oxygen atoms in total. The summed E-state index contributed by atoms with van der Waals surface area (Å²) in [7, 11) is 0. The molecule has 0 spiro atoms. The van der Waals surface area contributed by atoms with Crippen molar-refractivity contribution in [3.05, 3.63) is 47.3 Å². The number of hydrogen-bond donors (Lipinski definition) is 0. The highest BCUT2D eigenvalue weighted by molar-refractivity contribution is 7.98. The van der Waals surface area contributed by atoms with E-state index in [4.69, 9.17) is 0 Å². The Bertz CT molecular complexity index is 695. The average Bonchev–Trinajstić information content (AvgIpc) is 3.12. The van der Waals surface area contributed by atoms with Gasteiger partial charge in [-0.2, -0.15) is 5.10 Å². The Balaban J connectivity index is 1.77. The highest BCUT2D eigenvalue weighted by Gasteiger charge is 2.30. The van der Waals surface area contributed by atoms with Crippen molar-refractivity contribution in [1.29, 1.82) is 0 Å². The van der Waals surface area contributed by atoms with Crippen molar-refractivity contribution in [3.8, 4) is 0 Å². The number of carbonyl (C=O) groups excluding carboxylic acids is 1. The van der Waals surface area contributed by atoms with Gasteiger partial charge in [0.25, 0.3) is 5.91 Å². The quantitative estimate of drug-likeness (QED) is 0.816. The number of amides is 1. The van der Waals surface area contributed by atoms with Crippen LogP contribution < -0.4 is 0 Å². The molecule has 2 aromatic rings. The monoisotopic (exact) mass is 315 g/mol. The number of nitrogens with zero attached hydrogens (tertiary/aromatic N) is 3. The van der Waals surface area contributed by atoms with E-state index < -0.39 is 0 Å². The Kier molecular flexibility index (Phi) is 4.25. The van der Waals surface area contributed by atoms with Gasteiger partial charge in [0.1, 0.15) is 0 Å². The molecule has 1 aliphatic rings. The minimum absolute atomic E-state index is 0.133. The molecule has 0 aliphatic carbocycles. The summed E-state index contributed by atoms with van der Waals surface area (Å²) in [6.07, 6.45) is 2.98. The van der Waals surface area contributed by atoms with Crippen LogP contribution in [0.2, 0.25) is 0 Å². The number of aryl methyl sites for hydroxylation is 2. The fourth-order valence-electron chi connectivity index (χ4n) is 3.13. The van der Waals surface area contributed by atoms with Gasteiger partial charge in [-0.3, -0.25) is 9.48 Å². The smallest absolute Gasteiger partial charge is 0.255 e. The lowest BCUT2D eigenvalue weighted by atomic mass is 10.2. The number of thioether (sulfide) groups is 1. The minimum Gasteiger partial charge on any atom is -0.336 e. The van der Waals surface area contributed by atoms with E-state index in [2.05, 4.69) is 22.8 Å². The summed E-state index contributed by atoms with van der Waals surface area (Å²) in [5.74, 6) is 0.133. The minimum atomic E-state index is 0.133. The zero-order chi connectivity index (χ0) is 15.7. The molecule has 5 heteroatoms. The maximum atomic E-state index is 12.8. The molecule has 1 atom stereocenters. The summed E-state index contributed by atoms with van der Waals surface area (Å²) in [6, 6.07) is 10.2. The molecule has 2 heterocycles. The average molecular weight is 315 g/mol. The second-order valence-electron chi connectivity index (χ2n) is 5.77. The molecule has 3 rings (SSSR count). The van der Waals surface area contributed by atoms with E-state index in [0.717, 1.165) is 35.7 Å². The van der Waals surface area contributed by atoms with Crippen LogP contribution in [-0.4, -0.2) is 39.9 Å². The molecule has 1 fully saturated rings. The molecule has 0 bridgehead atoms. The summed E-state index contributed by atoms with van der Waals surface area (Å²) >= 11 is 1.62. The number of rotatable bonds is 3. The molecule has 1 aliphatic heterocycles. The van der Waals surface area contributed by atoms with Gasteiger partial charge < -0.3 is 4.90 Å². The van der Waals surface area contributed by atoms with Crippen LogP contribution in [0.3, 0.4) is 0 Å². The molecule has 116 valence electrons. The predicted molar refractivity (Wildman–Crippen MR) is 89.5 cm³/mol. The van der Waals surface area contributed by atoms with Crippen molar-refractivity contribution >= 4 is 17.7 Å². The number of likely N-dealkylation sites (tertiary alicyclic amines) is 1. The van der Waals surface area contributed by atoms with E-state index in [1.54, 1.807) is 11.8 Å². The predicted octanol–water partition coefficient (Wildman–Crippen LogP) is 3.31. The van der Waals surface area contributed by atoms with Gasteiger partial charge in [-0.15, -0.1) is 11.8 Å². The van der Waals surface area contributed by atoms with Gasteiger partial charge in [-0.25, -0.2) is 0 Å². The lowest BCUT2D eigenvalue weighted by Gasteiger charge is -2.18. The van der Waals surface area contributed by atoms with Crippen LogP contribution >= 0.6 is 11.8 Å². The first-order valence-electron chi connectivity index (χ1n) is 7.55. The Morgan fingerprint density at radius 2 is 2.09 bits per heavy atom. The SMILES string of the molecule is CSc1ccccc1C(=O)N1CC[C@@H](n2nc(C)cc2C)C1. The van der Waals surface area contributed by atoms with Crippen LogP contribution in [0, 0.1) is 13.8 Å². The second-order valence-corrected chi connectivity index (χ2v) is 6.61. The molecule has 0 radical (unpaired) electrons. The molecule has 0 N–H and O–H groups in total. The normalized spacial score (nSPS) is 18.0. The Morgan fingerprint density at radius 3 is 2.77 bits per heavy atom. The molecule has 0 unspecified atom stereocenters. The van der Waals surface area contributed by atoms with Crippen molar-refractivity contribution in [3.63, 3.8) is 0 Å². The molecule has 1 saturated heterocycles. The molecule has 1 aromatic heterocycles. The van der Waals surface area contributed by atoms with Crippen molar-refractivity contribution in [2.45, 2.75) is 31.2 Å². The summed E-state index contributed by atoms with van der Waals surface area (Å²) in [5, 5.41) is 4.57.